The molecule has 0 unspecified atom stereocenters. The first-order chi connectivity index (χ1) is 11.5. The van der Waals surface area contributed by atoms with Gasteiger partial charge in [-0.3, -0.25) is 9.78 Å². The summed E-state index contributed by atoms with van der Waals surface area (Å²) in [4.78, 5) is 20.3. The number of nitrogens with zero attached hydrogens (tertiary/aromatic N) is 4. The molecule has 0 aliphatic heterocycles. The van der Waals surface area contributed by atoms with Crippen molar-refractivity contribution in [3.63, 3.8) is 0 Å². The summed E-state index contributed by atoms with van der Waals surface area (Å²) in [6.45, 7) is 3.98. The number of rotatable bonds is 3. The van der Waals surface area contributed by atoms with Gasteiger partial charge in [0.2, 0.25) is 0 Å². The Morgan fingerprint density at radius 2 is 2.00 bits per heavy atom. The van der Waals surface area contributed by atoms with Gasteiger partial charge in [0, 0.05) is 11.6 Å². The van der Waals surface area contributed by atoms with Gasteiger partial charge < -0.3 is 11.5 Å². The second-order valence-corrected chi connectivity index (χ2v) is 5.70. The molecule has 0 saturated heterocycles. The number of pyridine rings is 1. The number of amides is 1. The zero-order valence-electron chi connectivity index (χ0n) is 13.5. The third kappa shape index (κ3) is 2.71. The highest BCUT2D eigenvalue weighted by molar-refractivity contribution is 6.02. The van der Waals surface area contributed by atoms with Crippen LogP contribution in [-0.4, -0.2) is 26.6 Å². The topological polar surface area (TPSA) is 112 Å². The van der Waals surface area contributed by atoms with Crippen LogP contribution in [0.1, 0.15) is 35.8 Å². The number of carbonyl (C=O) groups excluding carboxylic acids is 1. The minimum absolute atomic E-state index is 0.0487. The summed E-state index contributed by atoms with van der Waals surface area (Å²) in [6.07, 6.45) is 3.24. The number of hydrogen-bond acceptors (Lipinski definition) is 3. The van der Waals surface area contributed by atoms with Crippen molar-refractivity contribution in [2.75, 3.05) is 0 Å². The highest BCUT2D eigenvalue weighted by Crippen LogP contribution is 2.27. The fourth-order valence-corrected chi connectivity index (χ4v) is 2.72. The number of hydrogen-bond donors (Lipinski definition) is 2. The van der Waals surface area contributed by atoms with Crippen molar-refractivity contribution in [1.82, 2.24) is 14.8 Å². The fraction of sp³-hybridized carbons (Fsp3) is 0.176. The SMILES string of the molecule is CC(C)c1c(C(=O)N=C(N)N)cnn1-c1cccc2ncccc12. The van der Waals surface area contributed by atoms with Gasteiger partial charge in [0.25, 0.3) is 5.91 Å². The van der Waals surface area contributed by atoms with Crippen LogP contribution in [0.15, 0.2) is 47.7 Å². The molecule has 1 aromatic carbocycles. The van der Waals surface area contributed by atoms with Crippen LogP contribution in [-0.2, 0) is 0 Å². The average Bonchev–Trinajstić information content (AvgIpc) is 2.99. The van der Waals surface area contributed by atoms with E-state index in [9.17, 15) is 4.79 Å². The minimum Gasteiger partial charge on any atom is -0.370 e. The summed E-state index contributed by atoms with van der Waals surface area (Å²) >= 11 is 0. The fourth-order valence-electron chi connectivity index (χ4n) is 2.72. The van der Waals surface area contributed by atoms with Crippen LogP contribution in [0.4, 0.5) is 0 Å². The van der Waals surface area contributed by atoms with Crippen molar-refractivity contribution in [2.45, 2.75) is 19.8 Å². The molecular weight excluding hydrogens is 304 g/mol. The lowest BCUT2D eigenvalue weighted by molar-refractivity contribution is 0.100. The molecule has 0 aliphatic carbocycles. The quantitative estimate of drug-likeness (QED) is 0.565. The monoisotopic (exact) mass is 322 g/mol. The van der Waals surface area contributed by atoms with Crippen molar-refractivity contribution in [1.29, 1.82) is 0 Å². The maximum atomic E-state index is 12.3. The predicted molar refractivity (Wildman–Crippen MR) is 93.1 cm³/mol. The van der Waals surface area contributed by atoms with Gasteiger partial charge in [0.15, 0.2) is 5.96 Å². The number of carbonyl (C=O) groups is 1. The Kier molecular flexibility index (Phi) is 3.99. The van der Waals surface area contributed by atoms with Crippen molar-refractivity contribution in [2.24, 2.45) is 16.5 Å². The molecular formula is C17H18N6O. The van der Waals surface area contributed by atoms with Crippen LogP contribution in [0.5, 0.6) is 0 Å². The van der Waals surface area contributed by atoms with Gasteiger partial charge in [0.1, 0.15) is 0 Å². The Labute approximate surface area is 139 Å². The van der Waals surface area contributed by atoms with Gasteiger partial charge in [-0.15, -0.1) is 0 Å². The lowest BCUT2D eigenvalue weighted by Crippen LogP contribution is -2.24. The Bertz CT molecular complexity index is 932. The first-order valence-corrected chi connectivity index (χ1v) is 7.55. The molecule has 3 aromatic rings. The minimum atomic E-state index is -0.497. The molecule has 0 radical (unpaired) electrons. The van der Waals surface area contributed by atoms with E-state index in [0.29, 0.717) is 5.56 Å². The summed E-state index contributed by atoms with van der Waals surface area (Å²) in [5.41, 5.74) is 13.5. The van der Waals surface area contributed by atoms with Crippen LogP contribution >= 0.6 is 0 Å². The molecule has 0 atom stereocenters. The number of nitrogens with two attached hydrogens (primary N) is 2. The summed E-state index contributed by atoms with van der Waals surface area (Å²) in [7, 11) is 0. The first-order valence-electron chi connectivity index (χ1n) is 7.55. The van der Waals surface area contributed by atoms with Crippen molar-refractivity contribution >= 4 is 22.8 Å². The second-order valence-electron chi connectivity index (χ2n) is 5.70. The Hall–Kier alpha value is -3.22. The van der Waals surface area contributed by atoms with Gasteiger partial charge in [-0.1, -0.05) is 19.9 Å². The molecule has 122 valence electrons. The molecule has 0 fully saturated rings. The molecule has 2 heterocycles. The number of aliphatic imine (C=N–C) groups is 1. The van der Waals surface area contributed by atoms with Crippen LogP contribution < -0.4 is 11.5 Å². The number of guanidine groups is 1. The predicted octanol–water partition coefficient (Wildman–Crippen LogP) is 1.96. The maximum Gasteiger partial charge on any atom is 0.283 e. The molecule has 0 spiro atoms. The van der Waals surface area contributed by atoms with Crippen molar-refractivity contribution in [3.8, 4) is 5.69 Å². The van der Waals surface area contributed by atoms with Gasteiger partial charge >= 0.3 is 0 Å². The summed E-state index contributed by atoms with van der Waals surface area (Å²) in [5.74, 6) is -0.715. The van der Waals surface area contributed by atoms with Gasteiger partial charge in [0.05, 0.1) is 28.7 Å². The molecule has 0 saturated carbocycles. The van der Waals surface area contributed by atoms with Crippen molar-refractivity contribution in [3.05, 3.63) is 54.0 Å². The zero-order chi connectivity index (χ0) is 17.3. The van der Waals surface area contributed by atoms with E-state index in [-0.39, 0.29) is 11.9 Å². The van der Waals surface area contributed by atoms with E-state index < -0.39 is 5.91 Å². The van der Waals surface area contributed by atoms with E-state index in [1.54, 1.807) is 10.9 Å². The largest absolute Gasteiger partial charge is 0.370 e. The van der Waals surface area contributed by atoms with Gasteiger partial charge in [-0.25, -0.2) is 4.68 Å². The number of benzene rings is 1. The third-order valence-electron chi connectivity index (χ3n) is 3.67. The maximum absolute atomic E-state index is 12.3. The van der Waals surface area contributed by atoms with Crippen LogP contribution in [0, 0.1) is 0 Å². The summed E-state index contributed by atoms with van der Waals surface area (Å²) in [6, 6.07) is 9.63. The van der Waals surface area contributed by atoms with Crippen molar-refractivity contribution < 1.29 is 4.79 Å². The lowest BCUT2D eigenvalue weighted by Gasteiger charge is -2.13. The average molecular weight is 322 g/mol. The molecule has 3 rings (SSSR count). The normalized spacial score (nSPS) is 11.0. The first kappa shape index (κ1) is 15.7. The molecule has 0 bridgehead atoms. The van der Waals surface area contributed by atoms with Crippen LogP contribution in [0.2, 0.25) is 0 Å². The molecule has 7 heteroatoms. The van der Waals surface area contributed by atoms with E-state index in [1.165, 1.54) is 6.20 Å². The molecule has 24 heavy (non-hydrogen) atoms. The van der Waals surface area contributed by atoms with E-state index in [0.717, 1.165) is 22.3 Å². The summed E-state index contributed by atoms with van der Waals surface area (Å²) in [5, 5.41) is 5.35. The van der Waals surface area contributed by atoms with Gasteiger partial charge in [-0.05, 0) is 30.2 Å². The second kappa shape index (κ2) is 6.11. The van der Waals surface area contributed by atoms with Gasteiger partial charge in [-0.2, -0.15) is 10.1 Å². The highest BCUT2D eigenvalue weighted by atomic mass is 16.1. The molecule has 1 amide bonds. The third-order valence-corrected chi connectivity index (χ3v) is 3.67. The Morgan fingerprint density at radius 3 is 2.71 bits per heavy atom. The molecule has 7 nitrogen and oxygen atoms in total. The van der Waals surface area contributed by atoms with E-state index in [1.807, 2.05) is 44.2 Å². The molecule has 2 aromatic heterocycles. The Balaban J connectivity index is 2.23. The van der Waals surface area contributed by atoms with E-state index in [2.05, 4.69) is 15.1 Å². The molecule has 4 N–H and O–H groups in total. The Morgan fingerprint density at radius 1 is 1.21 bits per heavy atom. The van der Waals surface area contributed by atoms with E-state index >= 15 is 0 Å². The number of fused-ring (bicyclic) bond motifs is 1. The number of aromatic nitrogens is 3. The summed E-state index contributed by atoms with van der Waals surface area (Å²) < 4.78 is 1.75. The van der Waals surface area contributed by atoms with E-state index in [4.69, 9.17) is 11.5 Å². The smallest absolute Gasteiger partial charge is 0.283 e. The van der Waals surface area contributed by atoms with Crippen LogP contribution in [0.3, 0.4) is 0 Å². The lowest BCUT2D eigenvalue weighted by atomic mass is 10.0. The standard InChI is InChI=1S/C17H18N6O/c1-10(2)15-12(16(24)22-17(18)19)9-21-23(15)14-7-3-6-13-11(14)5-4-8-20-13/h3-10H,1-2H3,(H4,18,19,22,24). The molecule has 0 aliphatic rings. The van der Waals surface area contributed by atoms with Crippen LogP contribution in [0.25, 0.3) is 16.6 Å². The zero-order valence-corrected chi connectivity index (χ0v) is 13.5. The highest BCUT2D eigenvalue weighted by Gasteiger charge is 2.21.